The van der Waals surface area contributed by atoms with Crippen molar-refractivity contribution in [3.05, 3.63) is 76.2 Å². The molecule has 0 saturated carbocycles. The lowest BCUT2D eigenvalue weighted by molar-refractivity contribution is 0.191. The van der Waals surface area contributed by atoms with Crippen LogP contribution >= 0.6 is 0 Å². The number of benzene rings is 1. The molecule has 0 amide bonds. The van der Waals surface area contributed by atoms with Crippen molar-refractivity contribution in [3.8, 4) is 0 Å². The standard InChI is InChI=1S/C21H24FNO/c1-14(13-23)24-21-15(2)19-8-6-4-3-5-7-16(19)11-17-9-10-18(22)12-20(17)21/h3,5-6,8-10,12,14H,4,7,11,13,23H2,1-2H3/b5-3-,8-6+. The van der Waals surface area contributed by atoms with E-state index >= 15 is 0 Å². The van der Waals surface area contributed by atoms with Crippen LogP contribution in [0.3, 0.4) is 0 Å². The van der Waals surface area contributed by atoms with E-state index < -0.39 is 0 Å². The highest BCUT2D eigenvalue weighted by atomic mass is 19.1. The van der Waals surface area contributed by atoms with E-state index in [4.69, 9.17) is 10.5 Å². The third-order valence-corrected chi connectivity index (χ3v) is 4.58. The Morgan fingerprint density at radius 2 is 2.08 bits per heavy atom. The van der Waals surface area contributed by atoms with Crippen molar-refractivity contribution in [2.75, 3.05) is 6.54 Å². The quantitative estimate of drug-likeness (QED) is 0.819. The molecule has 0 aliphatic heterocycles. The van der Waals surface area contributed by atoms with Gasteiger partial charge in [0.25, 0.3) is 0 Å². The van der Waals surface area contributed by atoms with Crippen molar-refractivity contribution < 1.29 is 9.13 Å². The molecule has 1 aromatic rings. The van der Waals surface area contributed by atoms with Crippen molar-refractivity contribution in [1.82, 2.24) is 0 Å². The van der Waals surface area contributed by atoms with Crippen molar-refractivity contribution in [1.29, 1.82) is 0 Å². The van der Waals surface area contributed by atoms with E-state index in [0.717, 1.165) is 41.7 Å². The van der Waals surface area contributed by atoms with Crippen LogP contribution in [0.4, 0.5) is 4.39 Å². The summed E-state index contributed by atoms with van der Waals surface area (Å²) in [7, 11) is 0. The molecule has 0 aromatic heterocycles. The number of rotatable bonds is 3. The topological polar surface area (TPSA) is 35.2 Å². The van der Waals surface area contributed by atoms with E-state index in [1.165, 1.54) is 17.2 Å². The Balaban J connectivity index is 2.19. The smallest absolute Gasteiger partial charge is 0.130 e. The number of nitrogens with two attached hydrogens (primary N) is 1. The molecule has 2 nitrogen and oxygen atoms in total. The summed E-state index contributed by atoms with van der Waals surface area (Å²) in [6, 6.07) is 4.98. The highest BCUT2D eigenvalue weighted by molar-refractivity contribution is 5.73. The monoisotopic (exact) mass is 325 g/mol. The Morgan fingerprint density at radius 1 is 1.25 bits per heavy atom. The Kier molecular flexibility index (Phi) is 5.00. The van der Waals surface area contributed by atoms with Gasteiger partial charge in [-0.15, -0.1) is 0 Å². The molecule has 1 aromatic carbocycles. The zero-order chi connectivity index (χ0) is 17.1. The van der Waals surface area contributed by atoms with Gasteiger partial charge in [-0.3, -0.25) is 0 Å². The van der Waals surface area contributed by atoms with Gasteiger partial charge < -0.3 is 10.5 Å². The predicted octanol–water partition coefficient (Wildman–Crippen LogP) is 4.68. The maximum Gasteiger partial charge on any atom is 0.130 e. The van der Waals surface area contributed by atoms with Crippen LogP contribution < -0.4 is 5.73 Å². The summed E-state index contributed by atoms with van der Waals surface area (Å²) in [6.07, 6.45) is 11.3. The van der Waals surface area contributed by atoms with Gasteiger partial charge in [0.2, 0.25) is 0 Å². The van der Waals surface area contributed by atoms with E-state index in [1.807, 2.05) is 13.0 Å². The first-order valence-electron chi connectivity index (χ1n) is 8.50. The van der Waals surface area contributed by atoms with Gasteiger partial charge in [0.1, 0.15) is 17.7 Å². The second kappa shape index (κ2) is 7.18. The van der Waals surface area contributed by atoms with Gasteiger partial charge in [-0.05, 0) is 62.0 Å². The number of hydrogen-bond acceptors (Lipinski definition) is 2. The van der Waals surface area contributed by atoms with Gasteiger partial charge in [0.15, 0.2) is 0 Å². The number of allylic oxidation sites excluding steroid dienone is 7. The minimum atomic E-state index is -0.243. The summed E-state index contributed by atoms with van der Waals surface area (Å²) < 4.78 is 20.0. The molecule has 2 N–H and O–H groups in total. The maximum atomic E-state index is 13.9. The second-order valence-corrected chi connectivity index (χ2v) is 6.43. The predicted molar refractivity (Wildman–Crippen MR) is 96.8 cm³/mol. The molecule has 0 radical (unpaired) electrons. The molecular formula is C21H24FNO. The summed E-state index contributed by atoms with van der Waals surface area (Å²) in [5.41, 5.74) is 11.3. The number of hydrogen-bond donors (Lipinski definition) is 1. The van der Waals surface area contributed by atoms with Crippen molar-refractivity contribution >= 4 is 5.76 Å². The molecule has 1 atom stereocenters. The molecule has 2 aliphatic rings. The molecule has 2 aliphatic carbocycles. The molecule has 0 heterocycles. The molecule has 0 bridgehead atoms. The van der Waals surface area contributed by atoms with Crippen LogP contribution in [0.5, 0.6) is 0 Å². The first-order valence-corrected chi connectivity index (χ1v) is 8.50. The van der Waals surface area contributed by atoms with E-state index in [1.54, 1.807) is 6.07 Å². The molecule has 0 saturated heterocycles. The Hall–Kier alpha value is -2.13. The zero-order valence-corrected chi connectivity index (χ0v) is 14.3. The van der Waals surface area contributed by atoms with Crippen molar-refractivity contribution in [2.45, 2.75) is 39.2 Å². The van der Waals surface area contributed by atoms with E-state index in [9.17, 15) is 4.39 Å². The highest BCUT2D eigenvalue weighted by Gasteiger charge is 2.23. The summed E-state index contributed by atoms with van der Waals surface area (Å²) in [5.74, 6) is 0.509. The van der Waals surface area contributed by atoms with E-state index in [-0.39, 0.29) is 11.9 Å². The molecule has 0 spiro atoms. The highest BCUT2D eigenvalue weighted by Crippen LogP contribution is 2.37. The summed E-state index contributed by atoms with van der Waals surface area (Å²) in [4.78, 5) is 0. The molecule has 3 heteroatoms. The second-order valence-electron chi connectivity index (χ2n) is 6.43. The van der Waals surface area contributed by atoms with Gasteiger partial charge in [-0.25, -0.2) is 4.39 Å². The van der Waals surface area contributed by atoms with Gasteiger partial charge in [-0.2, -0.15) is 0 Å². The molecule has 3 rings (SSSR count). The van der Waals surface area contributed by atoms with Crippen LogP contribution in [0, 0.1) is 5.82 Å². The fraction of sp³-hybridized carbons (Fsp3) is 0.333. The van der Waals surface area contributed by atoms with Crippen LogP contribution in [0.2, 0.25) is 0 Å². The van der Waals surface area contributed by atoms with Crippen LogP contribution in [0.1, 0.15) is 37.8 Å². The largest absolute Gasteiger partial charge is 0.488 e. The number of fused-ring (bicyclic) bond motifs is 1. The SMILES string of the molecule is CC1=C(OC(C)CN)c2cc(F)ccc2CC2=C1/C=C/C/C=C\C2. The summed E-state index contributed by atoms with van der Waals surface area (Å²) >= 11 is 0. The third-order valence-electron chi connectivity index (χ3n) is 4.58. The fourth-order valence-electron chi connectivity index (χ4n) is 3.24. The Bertz CT molecular complexity index is 755. The first kappa shape index (κ1) is 16.7. The Labute approximate surface area is 143 Å². The van der Waals surface area contributed by atoms with Crippen LogP contribution in [-0.2, 0) is 11.2 Å². The molecule has 0 fully saturated rings. The lowest BCUT2D eigenvalue weighted by atomic mass is 9.94. The number of ether oxygens (including phenoxy) is 1. The molecular weight excluding hydrogens is 301 g/mol. The van der Waals surface area contributed by atoms with Gasteiger partial charge in [-0.1, -0.05) is 35.9 Å². The van der Waals surface area contributed by atoms with Gasteiger partial charge >= 0.3 is 0 Å². The van der Waals surface area contributed by atoms with Crippen LogP contribution in [0.15, 0.2) is 59.2 Å². The fourth-order valence-corrected chi connectivity index (χ4v) is 3.24. The van der Waals surface area contributed by atoms with Crippen LogP contribution in [-0.4, -0.2) is 12.6 Å². The lowest BCUT2D eigenvalue weighted by Crippen LogP contribution is -2.20. The molecule has 1 unspecified atom stereocenters. The van der Waals surface area contributed by atoms with E-state index in [0.29, 0.717) is 6.54 Å². The Morgan fingerprint density at radius 3 is 2.88 bits per heavy atom. The van der Waals surface area contributed by atoms with Gasteiger partial charge in [0.05, 0.1) is 0 Å². The molecule has 24 heavy (non-hydrogen) atoms. The average Bonchev–Trinajstić information content (AvgIpc) is 2.64. The summed E-state index contributed by atoms with van der Waals surface area (Å²) in [5, 5.41) is 0. The van der Waals surface area contributed by atoms with Crippen molar-refractivity contribution in [3.63, 3.8) is 0 Å². The van der Waals surface area contributed by atoms with Crippen molar-refractivity contribution in [2.24, 2.45) is 5.73 Å². The first-order chi connectivity index (χ1) is 11.6. The maximum absolute atomic E-state index is 13.9. The third kappa shape index (κ3) is 3.36. The zero-order valence-electron chi connectivity index (χ0n) is 14.3. The van der Waals surface area contributed by atoms with E-state index in [2.05, 4.69) is 31.2 Å². The average molecular weight is 325 g/mol. The number of halogens is 1. The lowest BCUT2D eigenvalue weighted by Gasteiger charge is -2.20. The normalized spacial score (nSPS) is 21.2. The van der Waals surface area contributed by atoms with Crippen LogP contribution in [0.25, 0.3) is 5.76 Å². The summed E-state index contributed by atoms with van der Waals surface area (Å²) in [6.45, 7) is 4.42. The minimum absolute atomic E-state index is 0.120. The van der Waals surface area contributed by atoms with Gasteiger partial charge in [0, 0.05) is 12.1 Å². The molecule has 126 valence electrons. The minimum Gasteiger partial charge on any atom is -0.488 e.